The van der Waals surface area contributed by atoms with E-state index < -0.39 is 0 Å². The van der Waals surface area contributed by atoms with E-state index in [2.05, 4.69) is 23.9 Å². The van der Waals surface area contributed by atoms with E-state index in [9.17, 15) is 0 Å². The van der Waals surface area contributed by atoms with Crippen LogP contribution in [0.1, 0.15) is 20.8 Å². The number of aliphatic imine (C=N–C) groups is 1. The molecule has 0 unspecified atom stereocenters. The van der Waals surface area contributed by atoms with E-state index in [-0.39, 0.29) is 40.6 Å². The molecule has 1 aliphatic heterocycles. The molecular weight excluding hydrogens is 368 g/mol. The van der Waals surface area contributed by atoms with Crippen molar-refractivity contribution in [1.29, 1.82) is 0 Å². The summed E-state index contributed by atoms with van der Waals surface area (Å²) in [6.07, 6.45) is 0. The zero-order valence-corrected chi connectivity index (χ0v) is 13.0. The number of ether oxygens (including phenoxy) is 1. The Morgan fingerprint density at radius 1 is 1.47 bits per heavy atom. The number of amidine groups is 1. The van der Waals surface area contributed by atoms with Crippen LogP contribution in [0.3, 0.4) is 0 Å². The van der Waals surface area contributed by atoms with Crippen LogP contribution in [0, 0.1) is 22.0 Å². The number of hydrogen-bond donors (Lipinski definition) is 0. The molecule has 15 heavy (non-hydrogen) atoms. The number of hydrogen-bond acceptors (Lipinski definition) is 3. The van der Waals surface area contributed by atoms with Crippen LogP contribution < -0.4 is 0 Å². The van der Waals surface area contributed by atoms with Gasteiger partial charge in [-0.1, -0.05) is 0 Å². The zero-order valence-electron chi connectivity index (χ0n) is 10.6. The molecule has 92 valence electrons. The fourth-order valence-electron chi connectivity index (χ4n) is 1.51. The molecule has 0 bridgehead atoms. The van der Waals surface area contributed by atoms with Gasteiger partial charge in [-0.05, 0) is 20.8 Å². The Balaban J connectivity index is -0.000000480. The molecule has 1 atom stereocenters. The summed E-state index contributed by atoms with van der Waals surface area (Å²) in [6, 6.07) is 0.374. The van der Waals surface area contributed by atoms with E-state index in [0.717, 1.165) is 12.4 Å². The molecule has 0 aliphatic carbocycles. The second-order valence-electron chi connectivity index (χ2n) is 3.84. The average Bonchev–Trinajstić information content (AvgIpc) is 2.31. The Labute approximate surface area is 109 Å². The van der Waals surface area contributed by atoms with Crippen molar-refractivity contribution in [3.05, 3.63) is 22.0 Å². The maximum Gasteiger partial charge on any atom is 3.00 e. The first-order chi connectivity index (χ1) is 5.47. The van der Waals surface area contributed by atoms with Crippen LogP contribution in [0.15, 0.2) is 4.99 Å². The molecule has 0 saturated carbocycles. The van der Waals surface area contributed by atoms with Crippen molar-refractivity contribution in [2.24, 2.45) is 4.99 Å². The summed E-state index contributed by atoms with van der Waals surface area (Å²) in [5, 5.41) is 0. The second-order valence-corrected chi connectivity index (χ2v) is 3.84. The third kappa shape index (κ3) is 4.62. The SMILES string of the molecule is [CH2-]OC(C)(C)C1=N[C@@H](C)CN1C.[CH3-].[CH3-].[Ir+3]. The van der Waals surface area contributed by atoms with Gasteiger partial charge in [0.15, 0.2) is 0 Å². The minimum Gasteiger partial charge on any atom is -0.545 e. The van der Waals surface area contributed by atoms with Crippen molar-refractivity contribution < 1.29 is 24.8 Å². The molecule has 1 aliphatic rings. The molecule has 1 rings (SSSR count). The standard InChI is InChI=1S/C9H17N2O.2CH3.Ir/c1-7-6-11(4)8(10-7)9(2,3)12-5;;;/h7H,5-6H2,1-4H3;2*1H3;/q3*-1;+3/t7-;;;/m0.../s1. The molecular formula is C11H23IrN2O. The molecule has 0 aromatic rings. The van der Waals surface area contributed by atoms with Gasteiger partial charge in [-0.2, -0.15) is 0 Å². The number of rotatable bonds is 2. The summed E-state index contributed by atoms with van der Waals surface area (Å²) in [7, 11) is 5.48. The Hall–Kier alpha value is 0.0794. The predicted octanol–water partition coefficient (Wildman–Crippen LogP) is 2.20. The summed E-state index contributed by atoms with van der Waals surface area (Å²) in [5.41, 5.74) is -0.362. The maximum atomic E-state index is 5.12. The van der Waals surface area contributed by atoms with Gasteiger partial charge in [0.1, 0.15) is 5.84 Å². The monoisotopic (exact) mass is 392 g/mol. The van der Waals surface area contributed by atoms with Gasteiger partial charge in [-0.25, -0.2) is 7.11 Å². The number of nitrogens with zero attached hydrogens (tertiary/aromatic N) is 2. The molecule has 0 aromatic heterocycles. The van der Waals surface area contributed by atoms with Crippen molar-refractivity contribution in [2.75, 3.05) is 13.6 Å². The first-order valence-corrected chi connectivity index (χ1v) is 4.20. The van der Waals surface area contributed by atoms with Crippen molar-refractivity contribution in [1.82, 2.24) is 4.90 Å². The topological polar surface area (TPSA) is 24.8 Å². The normalized spacial score (nSPS) is 19.7. The van der Waals surface area contributed by atoms with Crippen LogP contribution in [0.25, 0.3) is 0 Å². The second kappa shape index (κ2) is 7.37. The summed E-state index contributed by atoms with van der Waals surface area (Å²) < 4.78 is 5.12. The van der Waals surface area contributed by atoms with Crippen molar-refractivity contribution in [2.45, 2.75) is 32.4 Å². The molecule has 4 heteroatoms. The van der Waals surface area contributed by atoms with Gasteiger partial charge in [0.05, 0.1) is 11.6 Å². The summed E-state index contributed by atoms with van der Waals surface area (Å²) in [6.45, 7) is 7.03. The molecule has 0 amide bonds. The van der Waals surface area contributed by atoms with Crippen LogP contribution >= 0.6 is 0 Å². The summed E-state index contributed by atoms with van der Waals surface area (Å²) >= 11 is 0. The zero-order chi connectivity index (χ0) is 9.35. The largest absolute Gasteiger partial charge is 3.00 e. The molecule has 0 N–H and O–H groups in total. The van der Waals surface area contributed by atoms with Crippen LogP contribution in [0.5, 0.6) is 0 Å². The molecule has 0 spiro atoms. The Kier molecular flexibility index (Phi) is 10.1. The first kappa shape index (κ1) is 20.5. The van der Waals surface area contributed by atoms with E-state index in [4.69, 9.17) is 4.74 Å². The fourth-order valence-corrected chi connectivity index (χ4v) is 1.51. The summed E-state index contributed by atoms with van der Waals surface area (Å²) in [5.74, 6) is 0.991. The maximum absolute atomic E-state index is 5.12. The van der Waals surface area contributed by atoms with Crippen LogP contribution in [-0.4, -0.2) is 36.0 Å². The third-order valence-electron chi connectivity index (χ3n) is 2.14. The van der Waals surface area contributed by atoms with Gasteiger partial charge >= 0.3 is 20.1 Å². The Morgan fingerprint density at radius 3 is 2.20 bits per heavy atom. The minimum absolute atomic E-state index is 0. The van der Waals surface area contributed by atoms with Gasteiger partial charge in [0, 0.05) is 13.6 Å². The van der Waals surface area contributed by atoms with E-state index in [0.29, 0.717) is 6.04 Å². The first-order valence-electron chi connectivity index (χ1n) is 4.20. The van der Waals surface area contributed by atoms with Gasteiger partial charge in [0.2, 0.25) is 0 Å². The van der Waals surface area contributed by atoms with Gasteiger partial charge < -0.3 is 24.5 Å². The molecule has 0 fully saturated rings. The molecule has 3 nitrogen and oxygen atoms in total. The van der Waals surface area contributed by atoms with E-state index in [1.807, 2.05) is 20.9 Å². The molecule has 0 saturated heterocycles. The van der Waals surface area contributed by atoms with Crippen LogP contribution in [0.2, 0.25) is 0 Å². The van der Waals surface area contributed by atoms with Crippen LogP contribution in [0.4, 0.5) is 0 Å². The predicted molar refractivity (Wildman–Crippen MR) is 62.9 cm³/mol. The van der Waals surface area contributed by atoms with Gasteiger partial charge in [-0.3, -0.25) is 4.99 Å². The quantitative estimate of drug-likeness (QED) is 0.675. The van der Waals surface area contributed by atoms with Crippen molar-refractivity contribution in [3.8, 4) is 0 Å². The molecule has 1 heterocycles. The van der Waals surface area contributed by atoms with Crippen molar-refractivity contribution in [3.63, 3.8) is 0 Å². The Bertz CT molecular complexity index is 205. The molecule has 0 radical (unpaired) electrons. The van der Waals surface area contributed by atoms with Gasteiger partial charge in [0.25, 0.3) is 0 Å². The Morgan fingerprint density at radius 2 is 1.93 bits per heavy atom. The van der Waals surface area contributed by atoms with E-state index >= 15 is 0 Å². The number of likely N-dealkylation sites (N-methyl/N-ethyl adjacent to an activating group) is 1. The smallest absolute Gasteiger partial charge is 0.545 e. The van der Waals surface area contributed by atoms with Gasteiger partial charge in [-0.15, -0.1) is 0 Å². The minimum atomic E-state index is -0.362. The third-order valence-corrected chi connectivity index (χ3v) is 2.14. The fraction of sp³-hybridized carbons (Fsp3) is 0.636. The van der Waals surface area contributed by atoms with Crippen molar-refractivity contribution >= 4 is 5.84 Å². The van der Waals surface area contributed by atoms with Crippen LogP contribution in [-0.2, 0) is 24.8 Å². The van der Waals surface area contributed by atoms with E-state index in [1.54, 1.807) is 0 Å². The van der Waals surface area contributed by atoms with E-state index in [1.165, 1.54) is 0 Å². The molecule has 0 aromatic carbocycles. The average molecular weight is 392 g/mol. The summed E-state index contributed by atoms with van der Waals surface area (Å²) in [4.78, 5) is 6.61.